The molecular formula is C18H13N3. The maximum atomic E-state index is 4.25. The highest BCUT2D eigenvalue weighted by Gasteiger charge is 2.12. The molecule has 4 heterocycles. The zero-order chi connectivity index (χ0) is 14.1. The Morgan fingerprint density at radius 3 is 1.38 bits per heavy atom. The molecule has 0 aromatic heterocycles. The van der Waals surface area contributed by atoms with E-state index < -0.39 is 0 Å². The fraction of sp³-hybridized carbons (Fsp3) is 0. The Bertz CT molecular complexity index is 725. The van der Waals surface area contributed by atoms with Gasteiger partial charge >= 0.3 is 0 Å². The first kappa shape index (κ1) is 11.9. The van der Waals surface area contributed by atoms with Gasteiger partial charge in [0, 0.05) is 17.1 Å². The summed E-state index contributed by atoms with van der Waals surface area (Å²) in [6.45, 7) is 0. The molecule has 0 radical (unpaired) electrons. The van der Waals surface area contributed by atoms with Crippen LogP contribution in [0.15, 0.2) is 89.1 Å². The Balaban J connectivity index is 1.96. The summed E-state index contributed by atoms with van der Waals surface area (Å²) in [6.07, 6.45) is 0. The summed E-state index contributed by atoms with van der Waals surface area (Å²) in [6, 6.07) is 26.6. The van der Waals surface area contributed by atoms with Crippen LogP contribution in [-0.2, 0) is 0 Å². The summed E-state index contributed by atoms with van der Waals surface area (Å²) in [5.41, 5.74) is 5.06. The number of benzene rings is 3. The van der Waals surface area contributed by atoms with Crippen molar-refractivity contribution in [3.63, 3.8) is 0 Å². The normalized spacial score (nSPS) is 12.5. The average molecular weight is 271 g/mol. The molecule has 0 spiro atoms. The minimum absolute atomic E-state index is 0.858. The first-order chi connectivity index (χ1) is 10.4. The van der Waals surface area contributed by atoms with Crippen molar-refractivity contribution in [3.05, 3.63) is 78.9 Å². The highest BCUT2D eigenvalue weighted by molar-refractivity contribution is 5.77. The molecule has 0 unspecified atom stereocenters. The molecule has 3 heteroatoms. The molecule has 0 aliphatic carbocycles. The fourth-order valence-electron chi connectivity index (χ4n) is 2.48. The van der Waals surface area contributed by atoms with E-state index in [0.717, 1.165) is 28.4 Å². The summed E-state index contributed by atoms with van der Waals surface area (Å²) in [5.74, 6) is 0. The van der Waals surface area contributed by atoms with E-state index in [1.165, 1.54) is 0 Å². The molecule has 0 N–H and O–H groups in total. The predicted molar refractivity (Wildman–Crippen MR) is 85.3 cm³/mol. The molecule has 0 amide bonds. The summed E-state index contributed by atoms with van der Waals surface area (Å²) in [7, 11) is 0. The maximum absolute atomic E-state index is 4.25. The van der Waals surface area contributed by atoms with Crippen molar-refractivity contribution in [1.29, 1.82) is 0 Å². The molecule has 4 aliphatic rings. The highest BCUT2D eigenvalue weighted by Crippen LogP contribution is 2.36. The van der Waals surface area contributed by atoms with Gasteiger partial charge in [-0.15, -0.1) is 0 Å². The van der Waals surface area contributed by atoms with Crippen LogP contribution < -0.4 is 4.90 Å². The van der Waals surface area contributed by atoms with Gasteiger partial charge < -0.3 is 4.90 Å². The molecule has 4 bridgehead atoms. The van der Waals surface area contributed by atoms with E-state index in [1.54, 1.807) is 0 Å². The molecule has 0 saturated heterocycles. The third-order valence-electron chi connectivity index (χ3n) is 3.51. The molecule has 0 saturated carbocycles. The Morgan fingerprint density at radius 2 is 0.905 bits per heavy atom. The molecular weight excluding hydrogens is 258 g/mol. The predicted octanol–water partition coefficient (Wildman–Crippen LogP) is 5.89. The first-order valence-corrected chi connectivity index (χ1v) is 6.87. The van der Waals surface area contributed by atoms with Gasteiger partial charge in [-0.3, -0.25) is 0 Å². The van der Waals surface area contributed by atoms with Gasteiger partial charge in [0.15, 0.2) is 0 Å². The van der Waals surface area contributed by atoms with Crippen LogP contribution in [0.5, 0.6) is 0 Å². The number of nitrogens with zero attached hydrogens (tertiary/aromatic N) is 3. The second-order valence-corrected chi connectivity index (χ2v) is 4.90. The lowest BCUT2D eigenvalue weighted by molar-refractivity contribution is 1.23. The highest BCUT2D eigenvalue weighted by atomic mass is 15.1. The third kappa shape index (κ3) is 2.19. The molecule has 4 aliphatic heterocycles. The van der Waals surface area contributed by atoms with Crippen molar-refractivity contribution in [2.24, 2.45) is 10.2 Å². The Labute approximate surface area is 123 Å². The van der Waals surface area contributed by atoms with Gasteiger partial charge in [0.1, 0.15) is 0 Å². The van der Waals surface area contributed by atoms with Crippen LogP contribution in [-0.4, -0.2) is 0 Å². The molecule has 0 atom stereocenters. The van der Waals surface area contributed by atoms with E-state index in [0.29, 0.717) is 0 Å². The maximum Gasteiger partial charge on any atom is 0.0858 e. The van der Waals surface area contributed by atoms with Crippen molar-refractivity contribution >= 4 is 28.4 Å². The van der Waals surface area contributed by atoms with Crippen LogP contribution in [0.3, 0.4) is 0 Å². The van der Waals surface area contributed by atoms with Crippen molar-refractivity contribution < 1.29 is 0 Å². The number of azo groups is 1. The zero-order valence-electron chi connectivity index (χ0n) is 11.3. The van der Waals surface area contributed by atoms with E-state index in [2.05, 4.69) is 51.5 Å². The van der Waals surface area contributed by atoms with Gasteiger partial charge in [0.2, 0.25) is 0 Å². The monoisotopic (exact) mass is 271 g/mol. The minimum atomic E-state index is 0.858. The quantitative estimate of drug-likeness (QED) is 0.424. The van der Waals surface area contributed by atoms with Crippen molar-refractivity contribution in [2.45, 2.75) is 0 Å². The standard InChI is InChI=1S/C18H13N3/c1-2-4-16(5-3-1)21-17-10-6-14(7-11-17)19-20-15-8-12-18(21)13-9-15/h1-13H. The third-order valence-corrected chi connectivity index (χ3v) is 3.51. The topological polar surface area (TPSA) is 28.0 Å². The molecule has 100 valence electrons. The number of hydrogen-bond acceptors (Lipinski definition) is 3. The Morgan fingerprint density at radius 1 is 0.476 bits per heavy atom. The number of anilines is 3. The van der Waals surface area contributed by atoms with Gasteiger partial charge in [-0.2, -0.15) is 10.2 Å². The van der Waals surface area contributed by atoms with Gasteiger partial charge in [0.05, 0.1) is 11.4 Å². The van der Waals surface area contributed by atoms with Crippen molar-refractivity contribution in [1.82, 2.24) is 0 Å². The van der Waals surface area contributed by atoms with Crippen LogP contribution in [0.4, 0.5) is 28.4 Å². The van der Waals surface area contributed by atoms with E-state index >= 15 is 0 Å². The lowest BCUT2D eigenvalue weighted by Crippen LogP contribution is -2.09. The van der Waals surface area contributed by atoms with Crippen molar-refractivity contribution in [2.75, 3.05) is 4.90 Å². The van der Waals surface area contributed by atoms with Crippen LogP contribution in [0.1, 0.15) is 0 Å². The smallest absolute Gasteiger partial charge is 0.0858 e. The van der Waals surface area contributed by atoms with Crippen molar-refractivity contribution in [3.8, 4) is 0 Å². The second-order valence-electron chi connectivity index (χ2n) is 4.90. The Hall–Kier alpha value is -2.94. The SMILES string of the molecule is c1ccc(N2c3ccc(cc3)N=Nc3ccc2cc3)cc1. The molecule has 3 nitrogen and oxygen atoms in total. The second kappa shape index (κ2) is 4.87. The van der Waals surface area contributed by atoms with Gasteiger partial charge in [-0.1, -0.05) is 18.2 Å². The van der Waals surface area contributed by atoms with Crippen LogP contribution in [0, 0.1) is 0 Å². The van der Waals surface area contributed by atoms with E-state index in [4.69, 9.17) is 0 Å². The minimum Gasteiger partial charge on any atom is -0.311 e. The lowest BCUT2D eigenvalue weighted by Gasteiger charge is -2.25. The average Bonchev–Trinajstić information content (AvgIpc) is 2.65. The summed E-state index contributed by atoms with van der Waals surface area (Å²) in [4.78, 5) is 2.22. The van der Waals surface area contributed by atoms with Crippen LogP contribution >= 0.6 is 0 Å². The van der Waals surface area contributed by atoms with E-state index in [9.17, 15) is 0 Å². The molecule has 0 fully saturated rings. The number of para-hydroxylation sites is 1. The summed E-state index contributed by atoms with van der Waals surface area (Å²) in [5, 5.41) is 8.49. The van der Waals surface area contributed by atoms with Gasteiger partial charge in [-0.25, -0.2) is 0 Å². The van der Waals surface area contributed by atoms with Gasteiger partial charge in [0.25, 0.3) is 0 Å². The largest absolute Gasteiger partial charge is 0.311 e. The lowest BCUT2D eigenvalue weighted by atomic mass is 10.2. The number of hydrogen-bond donors (Lipinski definition) is 0. The molecule has 21 heavy (non-hydrogen) atoms. The van der Waals surface area contributed by atoms with E-state index in [-0.39, 0.29) is 0 Å². The fourth-order valence-corrected chi connectivity index (χ4v) is 2.48. The summed E-state index contributed by atoms with van der Waals surface area (Å²) < 4.78 is 0. The van der Waals surface area contributed by atoms with Gasteiger partial charge in [-0.05, 0) is 60.7 Å². The van der Waals surface area contributed by atoms with E-state index in [1.807, 2.05) is 42.5 Å². The number of rotatable bonds is 1. The van der Waals surface area contributed by atoms with Crippen LogP contribution in [0.2, 0.25) is 0 Å². The molecule has 7 rings (SSSR count). The molecule has 3 aromatic rings. The summed E-state index contributed by atoms with van der Waals surface area (Å²) >= 11 is 0. The van der Waals surface area contributed by atoms with Crippen LogP contribution in [0.25, 0.3) is 0 Å². The Kier molecular flexibility index (Phi) is 2.75. The first-order valence-electron chi connectivity index (χ1n) is 6.87. The zero-order valence-corrected chi connectivity index (χ0v) is 11.3. The molecule has 3 aromatic carbocycles.